The number of halogens is 4. The van der Waals surface area contributed by atoms with Crippen LogP contribution in [0.25, 0.3) is 16.6 Å². The maximum absolute atomic E-state index is 14.1. The monoisotopic (exact) mass is 352 g/mol. The Morgan fingerprint density at radius 3 is 2.64 bits per heavy atom. The second-order valence-electron chi connectivity index (χ2n) is 5.18. The fourth-order valence-electron chi connectivity index (χ4n) is 2.50. The lowest BCUT2D eigenvalue weighted by Gasteiger charge is -2.13. The first kappa shape index (κ1) is 16.9. The van der Waals surface area contributed by atoms with Gasteiger partial charge in [0, 0.05) is 5.39 Å². The second-order valence-corrected chi connectivity index (χ2v) is 5.18. The van der Waals surface area contributed by atoms with Crippen molar-refractivity contribution in [2.45, 2.75) is 13.1 Å². The fourth-order valence-corrected chi connectivity index (χ4v) is 2.50. The highest BCUT2D eigenvalue weighted by molar-refractivity contribution is 5.95. The number of para-hydroxylation sites is 1. The molecule has 0 fully saturated rings. The van der Waals surface area contributed by atoms with Gasteiger partial charge in [-0.1, -0.05) is 12.1 Å². The minimum Gasteiger partial charge on any atom is -0.462 e. The van der Waals surface area contributed by atoms with E-state index in [2.05, 4.69) is 5.10 Å². The number of fused-ring (bicyclic) bond motifs is 1. The summed E-state index contributed by atoms with van der Waals surface area (Å²) < 4.78 is 59.6. The third-order valence-electron chi connectivity index (χ3n) is 3.59. The van der Waals surface area contributed by atoms with Crippen molar-refractivity contribution in [1.29, 1.82) is 0 Å². The van der Waals surface area contributed by atoms with Crippen LogP contribution < -0.4 is 0 Å². The Kier molecular flexibility index (Phi) is 4.20. The number of aromatic nitrogens is 2. The van der Waals surface area contributed by atoms with E-state index in [0.717, 1.165) is 22.9 Å². The average molecular weight is 352 g/mol. The molecule has 1 aromatic heterocycles. The molecule has 0 N–H and O–H groups in total. The second kappa shape index (κ2) is 6.19. The molecule has 0 radical (unpaired) electrons. The number of rotatable bonds is 3. The maximum Gasteiger partial charge on any atom is 0.418 e. The maximum atomic E-state index is 14.1. The quantitative estimate of drug-likeness (QED) is 0.520. The Morgan fingerprint density at radius 2 is 1.96 bits per heavy atom. The van der Waals surface area contributed by atoms with Crippen molar-refractivity contribution in [1.82, 2.24) is 9.78 Å². The van der Waals surface area contributed by atoms with E-state index in [0.29, 0.717) is 0 Å². The number of esters is 1. The molecule has 0 saturated heterocycles. The van der Waals surface area contributed by atoms with Crippen molar-refractivity contribution in [2.24, 2.45) is 0 Å². The first-order valence-electron chi connectivity index (χ1n) is 7.34. The van der Waals surface area contributed by atoms with Gasteiger partial charge < -0.3 is 4.74 Å². The largest absolute Gasteiger partial charge is 0.462 e. The van der Waals surface area contributed by atoms with E-state index in [-0.39, 0.29) is 28.8 Å². The molecule has 0 bridgehead atoms. The Bertz CT molecular complexity index is 947. The molecule has 0 aliphatic heterocycles. The zero-order chi connectivity index (χ0) is 18.2. The summed E-state index contributed by atoms with van der Waals surface area (Å²) in [5, 5.41) is 4.19. The molecule has 8 heteroatoms. The molecule has 1 heterocycles. The minimum absolute atomic E-state index is 0.0481. The van der Waals surface area contributed by atoms with Gasteiger partial charge in [0.25, 0.3) is 0 Å². The van der Waals surface area contributed by atoms with E-state index in [1.807, 2.05) is 0 Å². The standard InChI is InChI=1S/C17H12F4N2O2/c1-2-25-16(24)11-8-15-10(7-13(11)18)9-22-23(15)14-6-4-3-5-12(14)17(19,20)21/h3-9H,2H2,1H3. The lowest BCUT2D eigenvalue weighted by Crippen LogP contribution is -2.12. The van der Waals surface area contributed by atoms with E-state index in [1.54, 1.807) is 6.92 Å². The van der Waals surface area contributed by atoms with Crippen LogP contribution in [0.1, 0.15) is 22.8 Å². The number of alkyl halides is 3. The predicted molar refractivity (Wildman–Crippen MR) is 82.0 cm³/mol. The topological polar surface area (TPSA) is 44.1 Å². The van der Waals surface area contributed by atoms with Crippen molar-refractivity contribution >= 4 is 16.9 Å². The summed E-state index contributed by atoms with van der Waals surface area (Å²) in [5.41, 5.74) is -1.30. The number of hydrogen-bond acceptors (Lipinski definition) is 3. The van der Waals surface area contributed by atoms with Gasteiger partial charge in [-0.2, -0.15) is 18.3 Å². The Morgan fingerprint density at radius 1 is 1.24 bits per heavy atom. The molecule has 130 valence electrons. The van der Waals surface area contributed by atoms with Crippen molar-refractivity contribution in [3.8, 4) is 5.69 Å². The Hall–Kier alpha value is -2.90. The van der Waals surface area contributed by atoms with Crippen LogP contribution in [-0.4, -0.2) is 22.4 Å². The highest BCUT2D eigenvalue weighted by Crippen LogP contribution is 2.34. The van der Waals surface area contributed by atoms with Crippen LogP contribution in [0.5, 0.6) is 0 Å². The van der Waals surface area contributed by atoms with Gasteiger partial charge in [-0.05, 0) is 31.2 Å². The molecular formula is C17H12F4N2O2. The molecule has 0 unspecified atom stereocenters. The predicted octanol–water partition coefficient (Wildman–Crippen LogP) is 4.36. The number of carbonyl (C=O) groups excluding carboxylic acids is 1. The van der Waals surface area contributed by atoms with Crippen molar-refractivity contribution in [2.75, 3.05) is 6.61 Å². The van der Waals surface area contributed by atoms with Crippen LogP contribution in [0.3, 0.4) is 0 Å². The van der Waals surface area contributed by atoms with Crippen LogP contribution in [0.15, 0.2) is 42.6 Å². The van der Waals surface area contributed by atoms with Crippen molar-refractivity contribution in [3.05, 3.63) is 59.5 Å². The van der Waals surface area contributed by atoms with Crippen LogP contribution in [0.2, 0.25) is 0 Å². The third kappa shape index (κ3) is 3.07. The number of carbonyl (C=O) groups is 1. The van der Waals surface area contributed by atoms with Gasteiger partial charge in [-0.25, -0.2) is 13.9 Å². The van der Waals surface area contributed by atoms with Gasteiger partial charge in [0.1, 0.15) is 5.82 Å². The molecule has 0 saturated carbocycles. The number of hydrogen-bond donors (Lipinski definition) is 0. The van der Waals surface area contributed by atoms with Gasteiger partial charge >= 0.3 is 12.1 Å². The summed E-state index contributed by atoms with van der Waals surface area (Å²) in [4.78, 5) is 11.8. The lowest BCUT2D eigenvalue weighted by molar-refractivity contribution is -0.137. The summed E-state index contributed by atoms with van der Waals surface area (Å²) in [6.07, 6.45) is -3.35. The zero-order valence-corrected chi connectivity index (χ0v) is 13.0. The molecule has 3 aromatic rings. The Balaban J connectivity index is 2.23. The summed E-state index contributed by atoms with van der Waals surface area (Å²) in [5.74, 6) is -1.71. The van der Waals surface area contributed by atoms with Crippen LogP contribution in [0, 0.1) is 5.82 Å². The molecule has 4 nitrogen and oxygen atoms in total. The summed E-state index contributed by atoms with van der Waals surface area (Å²) in [7, 11) is 0. The third-order valence-corrected chi connectivity index (χ3v) is 3.59. The highest BCUT2D eigenvalue weighted by atomic mass is 19.4. The first-order chi connectivity index (χ1) is 11.8. The van der Waals surface area contributed by atoms with E-state index in [9.17, 15) is 22.4 Å². The summed E-state index contributed by atoms with van der Waals surface area (Å²) in [6.45, 7) is 1.62. The smallest absolute Gasteiger partial charge is 0.418 e. The molecule has 25 heavy (non-hydrogen) atoms. The van der Waals surface area contributed by atoms with E-state index < -0.39 is 23.5 Å². The zero-order valence-electron chi connectivity index (χ0n) is 13.0. The van der Waals surface area contributed by atoms with E-state index >= 15 is 0 Å². The van der Waals surface area contributed by atoms with Crippen LogP contribution >= 0.6 is 0 Å². The SMILES string of the molecule is CCOC(=O)c1cc2c(cnn2-c2ccccc2C(F)(F)F)cc1F. The van der Waals surface area contributed by atoms with Gasteiger partial charge in [0.15, 0.2) is 0 Å². The molecule has 0 spiro atoms. The van der Waals surface area contributed by atoms with E-state index in [4.69, 9.17) is 4.74 Å². The van der Waals surface area contributed by atoms with Gasteiger partial charge in [0.2, 0.25) is 0 Å². The number of nitrogens with zero attached hydrogens (tertiary/aromatic N) is 2. The number of ether oxygens (including phenoxy) is 1. The normalized spacial score (nSPS) is 11.7. The molecule has 0 amide bonds. The van der Waals surface area contributed by atoms with E-state index in [1.165, 1.54) is 24.4 Å². The molecule has 0 aliphatic rings. The molecular weight excluding hydrogens is 340 g/mol. The molecule has 2 aromatic carbocycles. The first-order valence-corrected chi connectivity index (χ1v) is 7.34. The number of benzene rings is 2. The highest BCUT2D eigenvalue weighted by Gasteiger charge is 2.34. The average Bonchev–Trinajstić information content (AvgIpc) is 2.96. The van der Waals surface area contributed by atoms with Gasteiger partial charge in [-0.3, -0.25) is 0 Å². The van der Waals surface area contributed by atoms with Gasteiger partial charge in [0.05, 0.1) is 35.1 Å². The minimum atomic E-state index is -4.58. The molecule has 0 atom stereocenters. The summed E-state index contributed by atoms with van der Waals surface area (Å²) in [6, 6.07) is 7.07. The summed E-state index contributed by atoms with van der Waals surface area (Å²) >= 11 is 0. The fraction of sp³-hybridized carbons (Fsp3) is 0.176. The molecule has 3 rings (SSSR count). The van der Waals surface area contributed by atoms with Crippen LogP contribution in [0.4, 0.5) is 17.6 Å². The Labute approximate surface area is 139 Å². The van der Waals surface area contributed by atoms with Gasteiger partial charge in [-0.15, -0.1) is 0 Å². The van der Waals surface area contributed by atoms with Crippen molar-refractivity contribution in [3.63, 3.8) is 0 Å². The van der Waals surface area contributed by atoms with Crippen molar-refractivity contribution < 1.29 is 27.1 Å². The lowest BCUT2D eigenvalue weighted by atomic mass is 10.1. The molecule has 0 aliphatic carbocycles. The van der Waals surface area contributed by atoms with Crippen LogP contribution in [-0.2, 0) is 10.9 Å².